The number of unbranched alkanes of at least 4 members (excludes halogenated alkanes) is 3. The van der Waals surface area contributed by atoms with Crippen LogP contribution < -0.4 is 3.71 Å². The Labute approximate surface area is 127 Å². The van der Waals surface area contributed by atoms with Crippen molar-refractivity contribution in [2.75, 3.05) is 0 Å². The van der Waals surface area contributed by atoms with E-state index < -0.39 is 19.8 Å². The third-order valence-corrected chi connectivity index (χ3v) is 11.5. The topological polar surface area (TPSA) is 25.8 Å². The third-order valence-electron chi connectivity index (χ3n) is 3.11. The van der Waals surface area contributed by atoms with Crippen LogP contribution in [0.5, 0.6) is 0 Å². The van der Waals surface area contributed by atoms with Crippen LogP contribution in [0.25, 0.3) is 0 Å². The summed E-state index contributed by atoms with van der Waals surface area (Å²) in [6, 6.07) is 2.15. The molecular weight excluding hydrogens is 339 g/mol. The van der Waals surface area contributed by atoms with Crippen LogP contribution in [-0.4, -0.2) is 29.7 Å². The van der Waals surface area contributed by atoms with Gasteiger partial charge in [0.25, 0.3) is 0 Å². The van der Waals surface area contributed by atoms with E-state index in [1.165, 1.54) is 51.1 Å². The Bertz CT molecular complexity index is 267. The van der Waals surface area contributed by atoms with E-state index in [2.05, 4.69) is 43.7 Å². The summed E-state index contributed by atoms with van der Waals surface area (Å²) in [7, 11) is 0. The molecule has 0 unspecified atom stereocenters. The quantitative estimate of drug-likeness (QED) is 0.626. The molecule has 3 heteroatoms. The van der Waals surface area contributed by atoms with E-state index in [4.69, 9.17) is 0 Å². The Kier molecular flexibility index (Phi) is 14.2. The van der Waals surface area contributed by atoms with Gasteiger partial charge in [-0.3, -0.25) is 0 Å². The molecule has 0 saturated heterocycles. The minimum atomic E-state index is -1.37. The van der Waals surface area contributed by atoms with Gasteiger partial charge in [0.2, 0.25) is 0 Å². The Balaban J connectivity index is 0.000000711. The molecule has 0 bridgehead atoms. The number of aromatic nitrogens is 2. The summed E-state index contributed by atoms with van der Waals surface area (Å²) in [6.45, 7) is 8.92. The zero-order valence-corrected chi connectivity index (χ0v) is 16.1. The monoisotopic (exact) mass is 371 g/mol. The molecule has 0 aliphatic rings. The Morgan fingerprint density at radius 1 is 0.895 bits per heavy atom. The molecule has 0 aliphatic heterocycles. The fourth-order valence-corrected chi connectivity index (χ4v) is 9.86. The first kappa shape index (κ1) is 18.9. The zero-order chi connectivity index (χ0) is 14.3. The van der Waals surface area contributed by atoms with Gasteiger partial charge in [0, 0.05) is 0 Å². The fourth-order valence-electron chi connectivity index (χ4n) is 1.66. The van der Waals surface area contributed by atoms with E-state index in [-0.39, 0.29) is 0 Å². The third kappa shape index (κ3) is 10.3. The maximum absolute atomic E-state index is 4.46. The molecule has 1 heterocycles. The molecule has 0 saturated carbocycles. The molecule has 1 aromatic rings. The SMILES string of the molecule is CCCC.CCC[CH2][Sn]([CH2]CCC)[c]1ccncn1. The molecule has 1 rings (SSSR count). The molecular formula is C16H31N2Sn. The molecule has 2 nitrogen and oxygen atoms in total. The second-order valence-electron chi connectivity index (χ2n) is 4.91. The molecule has 0 fully saturated rings. The van der Waals surface area contributed by atoms with E-state index in [9.17, 15) is 0 Å². The van der Waals surface area contributed by atoms with Gasteiger partial charge in [-0.25, -0.2) is 0 Å². The molecule has 19 heavy (non-hydrogen) atoms. The van der Waals surface area contributed by atoms with Crippen LogP contribution in [-0.2, 0) is 0 Å². The zero-order valence-electron chi connectivity index (χ0n) is 13.3. The van der Waals surface area contributed by atoms with Gasteiger partial charge in [0.05, 0.1) is 0 Å². The van der Waals surface area contributed by atoms with Crippen LogP contribution in [0.2, 0.25) is 8.87 Å². The number of hydrogen-bond donors (Lipinski definition) is 0. The molecule has 0 amide bonds. The summed E-state index contributed by atoms with van der Waals surface area (Å²) in [5, 5.41) is 0. The van der Waals surface area contributed by atoms with Gasteiger partial charge in [0.15, 0.2) is 0 Å². The van der Waals surface area contributed by atoms with Gasteiger partial charge in [-0.05, 0) is 0 Å². The number of hydrogen-bond acceptors (Lipinski definition) is 2. The van der Waals surface area contributed by atoms with E-state index in [1.54, 1.807) is 6.33 Å². The molecule has 0 aromatic carbocycles. The predicted molar refractivity (Wildman–Crippen MR) is 87.4 cm³/mol. The summed E-state index contributed by atoms with van der Waals surface area (Å²) in [6.07, 6.45) is 11.7. The van der Waals surface area contributed by atoms with Crippen LogP contribution >= 0.6 is 0 Å². The number of rotatable bonds is 8. The summed E-state index contributed by atoms with van der Waals surface area (Å²) in [4.78, 5) is 8.47. The van der Waals surface area contributed by atoms with Crippen LogP contribution in [0.15, 0.2) is 18.6 Å². The first-order chi connectivity index (χ1) is 9.29. The predicted octanol–water partition coefficient (Wildman–Crippen LogP) is 4.59. The first-order valence-corrected chi connectivity index (χ1v) is 13.4. The van der Waals surface area contributed by atoms with E-state index in [0.717, 1.165) is 0 Å². The molecule has 0 spiro atoms. The van der Waals surface area contributed by atoms with Gasteiger partial charge in [0.1, 0.15) is 0 Å². The summed E-state index contributed by atoms with van der Waals surface area (Å²) in [5.74, 6) is 0. The summed E-state index contributed by atoms with van der Waals surface area (Å²) >= 11 is -1.37. The van der Waals surface area contributed by atoms with Gasteiger partial charge >= 0.3 is 100 Å². The molecule has 0 aliphatic carbocycles. The van der Waals surface area contributed by atoms with Crippen molar-refractivity contribution in [3.63, 3.8) is 0 Å². The van der Waals surface area contributed by atoms with Crippen molar-refractivity contribution in [2.45, 2.75) is 75.1 Å². The van der Waals surface area contributed by atoms with Crippen molar-refractivity contribution in [3.8, 4) is 0 Å². The van der Waals surface area contributed by atoms with E-state index in [1.807, 2.05) is 6.20 Å². The number of nitrogens with zero attached hydrogens (tertiary/aromatic N) is 2. The molecule has 1 radical (unpaired) electrons. The van der Waals surface area contributed by atoms with Gasteiger partial charge < -0.3 is 0 Å². The maximum atomic E-state index is 4.46. The average Bonchev–Trinajstić information content (AvgIpc) is 2.48. The molecule has 109 valence electrons. The molecule has 0 atom stereocenters. The van der Waals surface area contributed by atoms with Crippen LogP contribution in [0.3, 0.4) is 0 Å². The van der Waals surface area contributed by atoms with Crippen molar-refractivity contribution < 1.29 is 0 Å². The van der Waals surface area contributed by atoms with Crippen LogP contribution in [0.1, 0.15) is 66.2 Å². The summed E-state index contributed by atoms with van der Waals surface area (Å²) < 4.78 is 4.36. The van der Waals surface area contributed by atoms with Gasteiger partial charge in [-0.15, -0.1) is 0 Å². The van der Waals surface area contributed by atoms with E-state index in [0.29, 0.717) is 0 Å². The standard InChI is InChI=1S/C4H3N2.C4H10.2C4H9.Sn/c1-2-5-4-6-3-1;3*1-3-4-2;/h1-2,4H;3-4H2,1-2H3;2*1,3-4H2,2H3;. The molecule has 1 aromatic heterocycles. The summed E-state index contributed by atoms with van der Waals surface area (Å²) in [5.41, 5.74) is 0. The van der Waals surface area contributed by atoms with Crippen LogP contribution in [0.4, 0.5) is 0 Å². The fraction of sp³-hybridized carbons (Fsp3) is 0.750. The molecule has 0 N–H and O–H groups in total. The van der Waals surface area contributed by atoms with E-state index >= 15 is 0 Å². The van der Waals surface area contributed by atoms with Gasteiger partial charge in [-0.1, -0.05) is 26.7 Å². The van der Waals surface area contributed by atoms with Crippen LogP contribution in [0, 0.1) is 0 Å². The van der Waals surface area contributed by atoms with Crippen molar-refractivity contribution in [2.24, 2.45) is 0 Å². The van der Waals surface area contributed by atoms with Crippen molar-refractivity contribution in [1.29, 1.82) is 0 Å². The Morgan fingerprint density at radius 3 is 1.84 bits per heavy atom. The normalized spacial score (nSPS) is 10.2. The van der Waals surface area contributed by atoms with Gasteiger partial charge in [-0.2, -0.15) is 0 Å². The Hall–Kier alpha value is -0.121. The van der Waals surface area contributed by atoms with Crippen molar-refractivity contribution >= 4 is 23.5 Å². The Morgan fingerprint density at radius 2 is 1.47 bits per heavy atom. The minimum absolute atomic E-state index is 1.32. The average molecular weight is 370 g/mol. The second kappa shape index (κ2) is 14.3. The van der Waals surface area contributed by atoms with Crippen molar-refractivity contribution in [3.05, 3.63) is 18.6 Å². The van der Waals surface area contributed by atoms with Crippen molar-refractivity contribution in [1.82, 2.24) is 9.97 Å². The first-order valence-electron chi connectivity index (χ1n) is 7.91. The second-order valence-corrected chi connectivity index (χ2v) is 12.7.